The molecule has 0 saturated carbocycles. The van der Waals surface area contributed by atoms with Crippen molar-refractivity contribution in [2.75, 3.05) is 6.54 Å². The number of hydrogen-bond acceptors (Lipinski definition) is 3. The average molecular weight is 265 g/mol. The van der Waals surface area contributed by atoms with Crippen molar-refractivity contribution in [2.24, 2.45) is 11.7 Å². The first kappa shape index (κ1) is 15.7. The number of nitrogens with two attached hydrogens (primary N) is 1. The molecule has 0 fully saturated rings. The van der Waals surface area contributed by atoms with E-state index in [0.29, 0.717) is 18.5 Å². The van der Waals surface area contributed by atoms with Crippen molar-refractivity contribution in [3.8, 4) is 0 Å². The minimum Gasteiger partial charge on any atom is -0.479 e. The Kier molecular flexibility index (Phi) is 5.99. The van der Waals surface area contributed by atoms with Gasteiger partial charge in [-0.25, -0.2) is 4.79 Å². The van der Waals surface area contributed by atoms with Crippen LogP contribution in [0.4, 0.5) is 0 Å². The molecule has 0 amide bonds. The molecule has 0 saturated heterocycles. The number of carbonyl (C=O) groups is 1. The number of benzene rings is 1. The van der Waals surface area contributed by atoms with Gasteiger partial charge >= 0.3 is 5.97 Å². The van der Waals surface area contributed by atoms with E-state index in [1.165, 1.54) is 0 Å². The van der Waals surface area contributed by atoms with Crippen molar-refractivity contribution in [3.63, 3.8) is 0 Å². The molecule has 106 valence electrons. The standard InChI is InChI=1S/C15H23NO3/c1-12(8-4-3-7-11-16)15(19,14(17)18)13-9-5-2-6-10-13/h2,5-6,9-10,12,19H,3-4,7-8,11,16H2,1H3,(H,17,18)/t12?,15-/m0/s1. The number of carboxylic acids is 1. The first-order valence-electron chi connectivity index (χ1n) is 6.74. The summed E-state index contributed by atoms with van der Waals surface area (Å²) in [7, 11) is 0. The summed E-state index contributed by atoms with van der Waals surface area (Å²) in [5, 5.41) is 19.9. The van der Waals surface area contributed by atoms with Crippen molar-refractivity contribution in [1.29, 1.82) is 0 Å². The zero-order valence-electron chi connectivity index (χ0n) is 11.4. The first-order chi connectivity index (χ1) is 9.03. The maximum absolute atomic E-state index is 11.5. The molecule has 0 bridgehead atoms. The Labute approximate surface area is 114 Å². The molecule has 4 nitrogen and oxygen atoms in total. The lowest BCUT2D eigenvalue weighted by molar-refractivity contribution is -0.166. The zero-order chi connectivity index (χ0) is 14.3. The normalized spacial score (nSPS) is 15.7. The van der Waals surface area contributed by atoms with Gasteiger partial charge in [-0.3, -0.25) is 0 Å². The van der Waals surface area contributed by atoms with Crippen LogP contribution in [0.1, 0.15) is 38.2 Å². The molecule has 2 atom stereocenters. The fourth-order valence-electron chi connectivity index (χ4n) is 2.29. The lowest BCUT2D eigenvalue weighted by atomic mass is 9.79. The van der Waals surface area contributed by atoms with Gasteiger partial charge in [-0.15, -0.1) is 0 Å². The van der Waals surface area contributed by atoms with Gasteiger partial charge in [0, 0.05) is 5.92 Å². The maximum Gasteiger partial charge on any atom is 0.340 e. The van der Waals surface area contributed by atoms with Crippen LogP contribution in [0.2, 0.25) is 0 Å². The first-order valence-corrected chi connectivity index (χ1v) is 6.74. The van der Waals surface area contributed by atoms with E-state index in [2.05, 4.69) is 0 Å². The minimum atomic E-state index is -1.82. The van der Waals surface area contributed by atoms with Crippen LogP contribution < -0.4 is 5.73 Å². The van der Waals surface area contributed by atoms with Crippen molar-refractivity contribution in [1.82, 2.24) is 0 Å². The van der Waals surface area contributed by atoms with Crippen LogP contribution in [0, 0.1) is 5.92 Å². The SMILES string of the molecule is CC(CCCCCN)[C@@](O)(C(=O)O)c1ccccc1. The molecule has 1 aromatic rings. The van der Waals surface area contributed by atoms with Crippen LogP contribution in [-0.2, 0) is 10.4 Å². The van der Waals surface area contributed by atoms with Gasteiger partial charge in [0.25, 0.3) is 0 Å². The summed E-state index contributed by atoms with van der Waals surface area (Å²) < 4.78 is 0. The third-order valence-corrected chi connectivity index (χ3v) is 3.59. The van der Waals surface area contributed by atoms with Gasteiger partial charge in [0.1, 0.15) is 0 Å². The summed E-state index contributed by atoms with van der Waals surface area (Å²) in [4.78, 5) is 11.5. The molecule has 1 aromatic carbocycles. The summed E-state index contributed by atoms with van der Waals surface area (Å²) in [6, 6.07) is 8.60. The van der Waals surface area contributed by atoms with Crippen LogP contribution in [0.5, 0.6) is 0 Å². The smallest absolute Gasteiger partial charge is 0.340 e. The number of hydrogen-bond donors (Lipinski definition) is 3. The molecule has 0 heterocycles. The topological polar surface area (TPSA) is 83.5 Å². The number of carboxylic acid groups (broad SMARTS) is 1. The molecule has 4 N–H and O–H groups in total. The molecule has 0 radical (unpaired) electrons. The van der Waals surface area contributed by atoms with E-state index in [-0.39, 0.29) is 5.92 Å². The molecule has 1 rings (SSSR count). The average Bonchev–Trinajstić information content (AvgIpc) is 2.43. The van der Waals surface area contributed by atoms with Gasteiger partial charge in [-0.2, -0.15) is 0 Å². The Morgan fingerprint density at radius 3 is 2.42 bits per heavy atom. The number of rotatable bonds is 8. The highest BCUT2D eigenvalue weighted by atomic mass is 16.4. The molecular weight excluding hydrogens is 242 g/mol. The van der Waals surface area contributed by atoms with E-state index >= 15 is 0 Å². The van der Waals surface area contributed by atoms with Gasteiger partial charge in [-0.1, -0.05) is 50.1 Å². The Bertz CT molecular complexity index is 394. The molecule has 0 spiro atoms. The second-order valence-corrected chi connectivity index (χ2v) is 4.98. The van der Waals surface area contributed by atoms with Gasteiger partial charge in [0.2, 0.25) is 0 Å². The summed E-state index contributed by atoms with van der Waals surface area (Å²) >= 11 is 0. The molecule has 0 aliphatic carbocycles. The molecule has 0 aliphatic rings. The predicted molar refractivity (Wildman–Crippen MR) is 74.7 cm³/mol. The van der Waals surface area contributed by atoms with Crippen LogP contribution in [-0.4, -0.2) is 22.7 Å². The Morgan fingerprint density at radius 2 is 1.89 bits per heavy atom. The summed E-state index contributed by atoms with van der Waals surface area (Å²) in [6.45, 7) is 2.43. The largest absolute Gasteiger partial charge is 0.479 e. The maximum atomic E-state index is 11.5. The lowest BCUT2D eigenvalue weighted by Gasteiger charge is -2.30. The van der Waals surface area contributed by atoms with E-state index in [1.807, 2.05) is 0 Å². The Hall–Kier alpha value is -1.39. The van der Waals surface area contributed by atoms with Crippen molar-refractivity contribution >= 4 is 5.97 Å². The molecular formula is C15H23NO3. The molecule has 19 heavy (non-hydrogen) atoms. The Balaban J connectivity index is 2.79. The van der Waals surface area contributed by atoms with Crippen LogP contribution in [0.15, 0.2) is 30.3 Å². The van der Waals surface area contributed by atoms with Crippen LogP contribution in [0.3, 0.4) is 0 Å². The summed E-state index contributed by atoms with van der Waals surface area (Å²) in [6.07, 6.45) is 3.44. The van der Waals surface area contributed by atoms with Crippen LogP contribution in [0.25, 0.3) is 0 Å². The third-order valence-electron chi connectivity index (χ3n) is 3.59. The molecule has 0 aliphatic heterocycles. The van der Waals surface area contributed by atoms with E-state index in [0.717, 1.165) is 19.3 Å². The highest BCUT2D eigenvalue weighted by molar-refractivity contribution is 5.79. The number of aliphatic hydroxyl groups is 1. The quantitative estimate of drug-likeness (QED) is 0.629. The van der Waals surface area contributed by atoms with Gasteiger partial charge in [0.05, 0.1) is 0 Å². The van der Waals surface area contributed by atoms with E-state index in [4.69, 9.17) is 5.73 Å². The number of unbranched alkanes of at least 4 members (excludes halogenated alkanes) is 2. The fourth-order valence-corrected chi connectivity index (χ4v) is 2.29. The number of aliphatic carboxylic acids is 1. The van der Waals surface area contributed by atoms with Crippen molar-refractivity contribution in [2.45, 2.75) is 38.2 Å². The van der Waals surface area contributed by atoms with Gasteiger partial charge < -0.3 is 15.9 Å². The minimum absolute atomic E-state index is 0.342. The van der Waals surface area contributed by atoms with E-state index in [9.17, 15) is 15.0 Å². The predicted octanol–water partition coefficient (Wildman–Crippen LogP) is 2.11. The fraction of sp³-hybridized carbons (Fsp3) is 0.533. The third kappa shape index (κ3) is 3.78. The lowest BCUT2D eigenvalue weighted by Crippen LogP contribution is -2.41. The monoisotopic (exact) mass is 265 g/mol. The van der Waals surface area contributed by atoms with Crippen molar-refractivity contribution < 1.29 is 15.0 Å². The highest BCUT2D eigenvalue weighted by Gasteiger charge is 2.42. The van der Waals surface area contributed by atoms with Crippen LogP contribution >= 0.6 is 0 Å². The second kappa shape index (κ2) is 7.26. The van der Waals surface area contributed by atoms with Gasteiger partial charge in [0.15, 0.2) is 5.60 Å². The second-order valence-electron chi connectivity index (χ2n) is 4.98. The Morgan fingerprint density at radius 1 is 1.26 bits per heavy atom. The van der Waals surface area contributed by atoms with Gasteiger partial charge in [-0.05, 0) is 24.9 Å². The molecule has 1 unspecified atom stereocenters. The zero-order valence-corrected chi connectivity index (χ0v) is 11.4. The molecule has 0 aromatic heterocycles. The highest BCUT2D eigenvalue weighted by Crippen LogP contribution is 2.33. The van der Waals surface area contributed by atoms with Crippen molar-refractivity contribution in [3.05, 3.63) is 35.9 Å². The van der Waals surface area contributed by atoms with E-state index in [1.54, 1.807) is 37.3 Å². The molecule has 4 heteroatoms. The summed E-state index contributed by atoms with van der Waals surface area (Å²) in [5.41, 5.74) is 4.05. The van der Waals surface area contributed by atoms with E-state index < -0.39 is 11.6 Å². The summed E-state index contributed by atoms with van der Waals surface area (Å²) in [5.74, 6) is -1.53.